The summed E-state index contributed by atoms with van der Waals surface area (Å²) in [6, 6.07) is 0.473. The van der Waals surface area contributed by atoms with Crippen LogP contribution in [0.25, 0.3) is 0 Å². The van der Waals surface area contributed by atoms with Gasteiger partial charge in [0.1, 0.15) is 24.9 Å². The molecule has 5 atom stereocenters. The van der Waals surface area contributed by atoms with Crippen LogP contribution < -0.4 is 0 Å². The van der Waals surface area contributed by atoms with E-state index in [9.17, 15) is 0 Å². The molecule has 0 radical (unpaired) electrons. The lowest BCUT2D eigenvalue weighted by molar-refractivity contribution is -0.294. The van der Waals surface area contributed by atoms with Crippen molar-refractivity contribution in [2.75, 3.05) is 39.4 Å². The second-order valence-corrected chi connectivity index (χ2v) is 14.1. The zero-order valence-electron chi connectivity index (χ0n) is 27.9. The Morgan fingerprint density at radius 1 is 0.738 bits per heavy atom. The number of likely N-dealkylation sites (tertiary alicyclic amines) is 1. The molecule has 4 aliphatic heterocycles. The van der Waals surface area contributed by atoms with E-state index in [1.54, 1.807) is 0 Å². The Bertz CT molecular complexity index is 728. The van der Waals surface area contributed by atoms with Crippen molar-refractivity contribution >= 4 is 0 Å². The minimum absolute atomic E-state index is 0.102. The first-order valence-electron chi connectivity index (χ1n) is 18.3. The Hall–Kier alpha value is -0.280. The maximum Gasteiger partial charge on any atom is 0.224 e. The fourth-order valence-corrected chi connectivity index (χ4v) is 7.60. The molecule has 0 aromatic rings. The molecule has 7 heteroatoms. The standard InChI is InChI=1S/C35H66N2O5/c1-5-7-8-9-10-11-12-13-16-21-27-38-29-35-33(40-34(3,4)42-35)32(41-37-26-20-17-23-30(37)22-6-2)31(39-35)28-36-24-18-14-15-19-25-36/h30-33H,5-29H2,1-4H3/t30?,31-,32+,33-,35-/m0/s1. The maximum absolute atomic E-state index is 6.97. The molecule has 0 aromatic heterocycles. The van der Waals surface area contributed by atoms with E-state index in [-0.39, 0.29) is 18.3 Å². The summed E-state index contributed by atoms with van der Waals surface area (Å²) in [5, 5.41) is 2.28. The molecular formula is C35H66N2O5. The SMILES string of the molecule is CCCCCCCCCCCCOC[C@@]12O[C@@H](CN3CCCCCC3)[C@@H](ON3CCCCC3CCC)[C@@H]1OC(C)(C)O2. The molecule has 4 fully saturated rings. The van der Waals surface area contributed by atoms with Crippen molar-refractivity contribution in [3.8, 4) is 0 Å². The van der Waals surface area contributed by atoms with Gasteiger partial charge in [-0.15, -0.1) is 0 Å². The lowest BCUT2D eigenvalue weighted by Gasteiger charge is -2.38. The molecule has 0 aliphatic carbocycles. The molecule has 0 spiro atoms. The van der Waals surface area contributed by atoms with Gasteiger partial charge < -0.3 is 23.8 Å². The third-order valence-electron chi connectivity index (χ3n) is 9.81. The van der Waals surface area contributed by atoms with Crippen LogP contribution in [0.1, 0.15) is 150 Å². The Labute approximate surface area is 258 Å². The molecule has 0 bridgehead atoms. The minimum Gasteiger partial charge on any atom is -0.376 e. The van der Waals surface area contributed by atoms with Gasteiger partial charge in [-0.25, -0.2) is 0 Å². The largest absolute Gasteiger partial charge is 0.376 e. The van der Waals surface area contributed by atoms with Gasteiger partial charge in [0.2, 0.25) is 5.79 Å². The Morgan fingerprint density at radius 2 is 1.40 bits per heavy atom. The van der Waals surface area contributed by atoms with Gasteiger partial charge in [-0.2, -0.15) is 5.06 Å². The van der Waals surface area contributed by atoms with Crippen LogP contribution in [0, 0.1) is 0 Å². The molecule has 0 aromatic carbocycles. The number of fused-ring (bicyclic) bond motifs is 1. The van der Waals surface area contributed by atoms with Crippen LogP contribution in [0.4, 0.5) is 0 Å². The average Bonchev–Trinajstić information content (AvgIpc) is 3.21. The summed E-state index contributed by atoms with van der Waals surface area (Å²) in [6.45, 7) is 13.8. The van der Waals surface area contributed by atoms with E-state index in [2.05, 4.69) is 23.8 Å². The highest BCUT2D eigenvalue weighted by atomic mass is 16.9. The van der Waals surface area contributed by atoms with Gasteiger partial charge in [0, 0.05) is 25.7 Å². The van der Waals surface area contributed by atoms with Gasteiger partial charge in [0.25, 0.3) is 0 Å². The van der Waals surface area contributed by atoms with Crippen LogP contribution in [-0.4, -0.2) is 85.3 Å². The van der Waals surface area contributed by atoms with Crippen LogP contribution in [0.15, 0.2) is 0 Å². The fraction of sp³-hybridized carbons (Fsp3) is 1.00. The van der Waals surface area contributed by atoms with Crippen molar-refractivity contribution in [3.63, 3.8) is 0 Å². The van der Waals surface area contributed by atoms with E-state index in [1.807, 2.05) is 13.8 Å². The molecule has 7 nitrogen and oxygen atoms in total. The second-order valence-electron chi connectivity index (χ2n) is 14.1. The Balaban J connectivity index is 1.33. The van der Waals surface area contributed by atoms with Gasteiger partial charge in [-0.3, -0.25) is 4.84 Å². The molecule has 0 amide bonds. The predicted molar refractivity (Wildman–Crippen MR) is 169 cm³/mol. The summed E-state index contributed by atoms with van der Waals surface area (Å²) in [5.41, 5.74) is 0. The lowest BCUT2D eigenvalue weighted by atomic mass is 10.0. The Morgan fingerprint density at radius 3 is 2.10 bits per heavy atom. The molecule has 4 saturated heterocycles. The third-order valence-corrected chi connectivity index (χ3v) is 9.81. The molecule has 4 aliphatic rings. The summed E-state index contributed by atoms with van der Waals surface area (Å²) < 4.78 is 26.5. The van der Waals surface area contributed by atoms with Crippen molar-refractivity contribution in [1.29, 1.82) is 0 Å². The van der Waals surface area contributed by atoms with Crippen molar-refractivity contribution in [1.82, 2.24) is 9.96 Å². The minimum atomic E-state index is -0.917. The molecule has 1 unspecified atom stereocenters. The molecule has 246 valence electrons. The van der Waals surface area contributed by atoms with Gasteiger partial charge >= 0.3 is 0 Å². The first-order chi connectivity index (χ1) is 20.5. The lowest BCUT2D eigenvalue weighted by Crippen LogP contribution is -2.50. The number of hydrogen-bond acceptors (Lipinski definition) is 7. The van der Waals surface area contributed by atoms with Gasteiger partial charge in [0.05, 0.1) is 0 Å². The van der Waals surface area contributed by atoms with Crippen molar-refractivity contribution in [2.24, 2.45) is 0 Å². The first-order valence-corrected chi connectivity index (χ1v) is 18.3. The summed E-state index contributed by atoms with van der Waals surface area (Å²) in [5.74, 6) is -1.65. The molecule has 42 heavy (non-hydrogen) atoms. The van der Waals surface area contributed by atoms with E-state index in [4.69, 9.17) is 23.8 Å². The molecular weight excluding hydrogens is 528 g/mol. The van der Waals surface area contributed by atoms with E-state index in [0.29, 0.717) is 12.6 Å². The average molecular weight is 595 g/mol. The number of hydroxylamine groups is 2. The van der Waals surface area contributed by atoms with Crippen LogP contribution in [0.5, 0.6) is 0 Å². The zero-order chi connectivity index (χ0) is 29.7. The maximum atomic E-state index is 6.97. The normalized spacial score (nSPS) is 32.3. The van der Waals surface area contributed by atoms with Crippen molar-refractivity contribution < 1.29 is 23.8 Å². The Kier molecular flexibility index (Phi) is 14.8. The highest BCUT2D eigenvalue weighted by Crippen LogP contribution is 2.47. The van der Waals surface area contributed by atoms with Crippen molar-refractivity contribution in [3.05, 3.63) is 0 Å². The quantitative estimate of drug-likeness (QED) is 0.140. The topological polar surface area (TPSA) is 52.6 Å². The first kappa shape index (κ1) is 34.6. The highest BCUT2D eigenvalue weighted by molar-refractivity contribution is 5.04. The highest BCUT2D eigenvalue weighted by Gasteiger charge is 2.66. The number of hydrogen-bond donors (Lipinski definition) is 0. The van der Waals surface area contributed by atoms with E-state index in [1.165, 1.54) is 116 Å². The zero-order valence-corrected chi connectivity index (χ0v) is 27.9. The van der Waals surface area contributed by atoms with E-state index < -0.39 is 11.6 Å². The molecule has 0 saturated carbocycles. The number of rotatable bonds is 19. The van der Waals surface area contributed by atoms with E-state index >= 15 is 0 Å². The smallest absolute Gasteiger partial charge is 0.224 e. The van der Waals surface area contributed by atoms with Gasteiger partial charge in [-0.1, -0.05) is 97.3 Å². The van der Waals surface area contributed by atoms with Crippen molar-refractivity contribution in [2.45, 2.75) is 186 Å². The molecule has 4 heterocycles. The monoisotopic (exact) mass is 594 g/mol. The van der Waals surface area contributed by atoms with Gasteiger partial charge in [0.15, 0.2) is 5.79 Å². The second kappa shape index (κ2) is 18.0. The third kappa shape index (κ3) is 10.4. The number of unbranched alkanes of at least 4 members (excludes halogenated alkanes) is 9. The van der Waals surface area contributed by atoms with Crippen LogP contribution in [0.3, 0.4) is 0 Å². The number of nitrogens with zero attached hydrogens (tertiary/aromatic N) is 2. The fourth-order valence-electron chi connectivity index (χ4n) is 7.60. The number of ether oxygens (including phenoxy) is 4. The number of piperidine rings is 1. The van der Waals surface area contributed by atoms with Crippen LogP contribution in [-0.2, 0) is 23.8 Å². The summed E-state index contributed by atoms with van der Waals surface area (Å²) in [6.07, 6.45) is 23.9. The predicted octanol–water partition coefficient (Wildman–Crippen LogP) is 8.00. The molecule has 0 N–H and O–H groups in total. The summed E-state index contributed by atoms with van der Waals surface area (Å²) in [4.78, 5) is 9.55. The summed E-state index contributed by atoms with van der Waals surface area (Å²) >= 11 is 0. The molecule has 4 rings (SSSR count). The van der Waals surface area contributed by atoms with Crippen LogP contribution in [0.2, 0.25) is 0 Å². The van der Waals surface area contributed by atoms with Crippen LogP contribution >= 0.6 is 0 Å². The van der Waals surface area contributed by atoms with Gasteiger partial charge in [-0.05, 0) is 65.5 Å². The summed E-state index contributed by atoms with van der Waals surface area (Å²) in [7, 11) is 0. The van der Waals surface area contributed by atoms with E-state index in [0.717, 1.165) is 39.2 Å².